The normalized spacial score (nSPS) is 20.2. The van der Waals surface area contributed by atoms with Crippen molar-refractivity contribution >= 4 is 11.6 Å². The van der Waals surface area contributed by atoms with Crippen LogP contribution in [0.5, 0.6) is 0 Å². The monoisotopic (exact) mass is 241 g/mol. The number of nitrogens with two attached hydrogens (primary N) is 1. The van der Waals surface area contributed by atoms with Gasteiger partial charge in [0.05, 0.1) is 0 Å². The third kappa shape index (κ3) is 1.74. The maximum Gasteiger partial charge on any atom is 0.124 e. The van der Waals surface area contributed by atoms with Crippen LogP contribution in [0, 0.1) is 0 Å². The predicted molar refractivity (Wildman–Crippen MR) is 65.6 cm³/mol. The van der Waals surface area contributed by atoms with Crippen LogP contribution < -0.4 is 5.73 Å². The molecule has 0 radical (unpaired) electrons. The van der Waals surface area contributed by atoms with E-state index in [0.29, 0.717) is 17.1 Å². The molecule has 3 heteroatoms. The van der Waals surface area contributed by atoms with Gasteiger partial charge in [-0.3, -0.25) is 0 Å². The third-order valence-corrected chi connectivity index (χ3v) is 4.05. The quantitative estimate of drug-likeness (QED) is 0.857. The van der Waals surface area contributed by atoms with Crippen LogP contribution >= 0.6 is 11.6 Å². The minimum absolute atomic E-state index is 0.0272. The predicted octanol–water partition coefficient (Wildman–Crippen LogP) is 3.75. The number of hydrogen-bond donors (Lipinski definition) is 1. The van der Waals surface area contributed by atoms with Gasteiger partial charge in [0.25, 0.3) is 0 Å². The van der Waals surface area contributed by atoms with Crippen LogP contribution in [0.2, 0.25) is 5.02 Å². The molecule has 1 saturated carbocycles. The second-order valence-electron chi connectivity index (χ2n) is 4.66. The van der Waals surface area contributed by atoms with Gasteiger partial charge < -0.3 is 5.73 Å². The molecular weight excluding hydrogens is 225 g/mol. The zero-order valence-corrected chi connectivity index (χ0v) is 10.2. The molecule has 16 heavy (non-hydrogen) atoms. The Balaban J connectivity index is 2.51. The van der Waals surface area contributed by atoms with Gasteiger partial charge in [-0.1, -0.05) is 30.2 Å². The second kappa shape index (κ2) is 4.34. The minimum atomic E-state index is -1.03. The van der Waals surface area contributed by atoms with Crippen molar-refractivity contribution in [3.8, 4) is 0 Å². The first-order valence-electron chi connectivity index (χ1n) is 5.74. The van der Waals surface area contributed by atoms with E-state index < -0.39 is 6.17 Å². The van der Waals surface area contributed by atoms with Gasteiger partial charge >= 0.3 is 0 Å². The molecule has 2 rings (SSSR count). The van der Waals surface area contributed by atoms with E-state index in [9.17, 15) is 4.39 Å². The number of alkyl halides is 1. The van der Waals surface area contributed by atoms with Crippen molar-refractivity contribution in [2.24, 2.45) is 5.73 Å². The number of rotatable bonds is 3. The first kappa shape index (κ1) is 11.9. The van der Waals surface area contributed by atoms with E-state index in [1.807, 2.05) is 12.1 Å². The van der Waals surface area contributed by atoms with Gasteiger partial charge in [-0.05, 0) is 31.4 Å². The maximum atomic E-state index is 13.7. The Bertz CT molecular complexity index is 380. The van der Waals surface area contributed by atoms with Crippen molar-refractivity contribution in [3.63, 3.8) is 0 Å². The molecule has 0 spiro atoms. The number of benzene rings is 1. The summed E-state index contributed by atoms with van der Waals surface area (Å²) >= 11 is 6.09. The minimum Gasteiger partial charge on any atom is -0.330 e. The Morgan fingerprint density at radius 1 is 1.50 bits per heavy atom. The summed E-state index contributed by atoms with van der Waals surface area (Å²) < 4.78 is 13.7. The molecule has 1 atom stereocenters. The van der Waals surface area contributed by atoms with E-state index in [0.717, 1.165) is 18.4 Å². The molecule has 1 fully saturated rings. The van der Waals surface area contributed by atoms with Crippen molar-refractivity contribution in [2.75, 3.05) is 6.54 Å². The van der Waals surface area contributed by atoms with Crippen molar-refractivity contribution in [1.82, 2.24) is 0 Å². The summed E-state index contributed by atoms with van der Waals surface area (Å²) in [6.45, 7) is 2.11. The molecule has 1 aromatic rings. The molecule has 1 unspecified atom stereocenters. The van der Waals surface area contributed by atoms with Crippen LogP contribution in [-0.4, -0.2) is 6.54 Å². The highest BCUT2D eigenvalue weighted by molar-refractivity contribution is 6.31. The van der Waals surface area contributed by atoms with E-state index >= 15 is 0 Å². The molecule has 88 valence electrons. The van der Waals surface area contributed by atoms with Crippen molar-refractivity contribution < 1.29 is 4.39 Å². The average Bonchev–Trinajstić information content (AvgIpc) is 2.16. The lowest BCUT2D eigenvalue weighted by Crippen LogP contribution is -2.42. The second-order valence-corrected chi connectivity index (χ2v) is 5.06. The van der Waals surface area contributed by atoms with Gasteiger partial charge in [-0.2, -0.15) is 0 Å². The molecule has 0 bridgehead atoms. The lowest BCUT2D eigenvalue weighted by atomic mass is 9.63. The van der Waals surface area contributed by atoms with Gasteiger partial charge in [0, 0.05) is 22.5 Å². The molecule has 2 N–H and O–H groups in total. The molecule has 0 aromatic heterocycles. The lowest BCUT2D eigenvalue weighted by molar-refractivity contribution is 0.245. The molecule has 0 aliphatic heterocycles. The van der Waals surface area contributed by atoms with Crippen LogP contribution in [0.3, 0.4) is 0 Å². The SMILES string of the molecule is CC(F)c1c(Cl)cccc1C1(CN)CCC1. The highest BCUT2D eigenvalue weighted by Crippen LogP contribution is 2.47. The lowest BCUT2D eigenvalue weighted by Gasteiger charge is -2.43. The Morgan fingerprint density at radius 3 is 2.62 bits per heavy atom. The smallest absolute Gasteiger partial charge is 0.124 e. The highest BCUT2D eigenvalue weighted by Gasteiger charge is 2.39. The summed E-state index contributed by atoms with van der Waals surface area (Å²) in [5.74, 6) is 0. The van der Waals surface area contributed by atoms with Gasteiger partial charge in [-0.15, -0.1) is 0 Å². The van der Waals surface area contributed by atoms with Crippen LogP contribution in [0.1, 0.15) is 43.5 Å². The summed E-state index contributed by atoms with van der Waals surface area (Å²) in [6.07, 6.45) is 2.23. The Kier molecular flexibility index (Phi) is 3.22. The zero-order chi connectivity index (χ0) is 11.8. The van der Waals surface area contributed by atoms with Gasteiger partial charge in [0.15, 0.2) is 0 Å². The number of hydrogen-bond acceptors (Lipinski definition) is 1. The van der Waals surface area contributed by atoms with Gasteiger partial charge in [0.1, 0.15) is 6.17 Å². The van der Waals surface area contributed by atoms with E-state index in [2.05, 4.69) is 0 Å². The van der Waals surface area contributed by atoms with E-state index in [-0.39, 0.29) is 5.41 Å². The summed E-state index contributed by atoms with van der Waals surface area (Å²) in [4.78, 5) is 0. The summed E-state index contributed by atoms with van der Waals surface area (Å²) in [5.41, 5.74) is 7.48. The summed E-state index contributed by atoms with van der Waals surface area (Å²) in [7, 11) is 0. The van der Waals surface area contributed by atoms with Crippen LogP contribution in [0.15, 0.2) is 18.2 Å². The highest BCUT2D eigenvalue weighted by atomic mass is 35.5. The first-order chi connectivity index (χ1) is 7.60. The molecule has 0 saturated heterocycles. The van der Waals surface area contributed by atoms with E-state index in [4.69, 9.17) is 17.3 Å². The van der Waals surface area contributed by atoms with Crippen LogP contribution in [0.25, 0.3) is 0 Å². The molecular formula is C13H17ClFN. The van der Waals surface area contributed by atoms with Gasteiger partial charge in [-0.25, -0.2) is 4.39 Å². The maximum absolute atomic E-state index is 13.7. The average molecular weight is 242 g/mol. The number of halogens is 2. The van der Waals surface area contributed by atoms with E-state index in [1.54, 1.807) is 6.07 Å². The van der Waals surface area contributed by atoms with Crippen LogP contribution in [-0.2, 0) is 5.41 Å². The van der Waals surface area contributed by atoms with Crippen molar-refractivity contribution in [1.29, 1.82) is 0 Å². The topological polar surface area (TPSA) is 26.0 Å². The van der Waals surface area contributed by atoms with Crippen molar-refractivity contribution in [2.45, 2.75) is 37.8 Å². The molecule has 1 aromatic carbocycles. The van der Waals surface area contributed by atoms with Crippen molar-refractivity contribution in [3.05, 3.63) is 34.3 Å². The largest absolute Gasteiger partial charge is 0.330 e. The molecule has 1 aliphatic carbocycles. The third-order valence-electron chi connectivity index (χ3n) is 3.72. The fourth-order valence-corrected chi connectivity index (χ4v) is 2.92. The first-order valence-corrected chi connectivity index (χ1v) is 6.11. The molecule has 1 aliphatic rings. The van der Waals surface area contributed by atoms with E-state index in [1.165, 1.54) is 13.3 Å². The van der Waals surface area contributed by atoms with Crippen LogP contribution in [0.4, 0.5) is 4.39 Å². The standard InChI is InChI=1S/C13H17ClFN/c1-9(15)12-10(4-2-5-11(12)14)13(8-16)6-3-7-13/h2,4-5,9H,3,6-8,16H2,1H3. The molecule has 1 nitrogen and oxygen atoms in total. The Labute approximate surface area is 101 Å². The Morgan fingerprint density at radius 2 is 2.19 bits per heavy atom. The summed E-state index contributed by atoms with van der Waals surface area (Å²) in [5, 5.41) is 0.521. The summed E-state index contributed by atoms with van der Waals surface area (Å²) in [6, 6.07) is 5.61. The Hall–Kier alpha value is -0.600. The fraction of sp³-hybridized carbons (Fsp3) is 0.538. The van der Waals surface area contributed by atoms with Gasteiger partial charge in [0.2, 0.25) is 0 Å². The molecule has 0 amide bonds. The molecule has 0 heterocycles. The fourth-order valence-electron chi connectivity index (χ4n) is 2.59. The zero-order valence-electron chi connectivity index (χ0n) is 9.47.